The lowest BCUT2D eigenvalue weighted by Gasteiger charge is -2.37. The van der Waals surface area contributed by atoms with Gasteiger partial charge in [0.1, 0.15) is 23.4 Å². The zero-order valence-corrected chi connectivity index (χ0v) is 22.4. The Morgan fingerprint density at radius 2 is 1.82 bits per heavy atom. The third-order valence-corrected chi connectivity index (χ3v) is 5.49. The highest BCUT2D eigenvalue weighted by atomic mass is 32.1. The average Bonchev–Trinajstić information content (AvgIpc) is 2.73. The van der Waals surface area contributed by atoms with Gasteiger partial charge in [-0.1, -0.05) is 25.8 Å². The lowest BCUT2D eigenvalue weighted by molar-refractivity contribution is -0.144. The number of benzene rings is 1. The fraction of sp³-hybridized carbons (Fsp3) is 0.640. The molecule has 3 N–H and O–H groups in total. The maximum atomic E-state index is 13.6. The van der Waals surface area contributed by atoms with Crippen molar-refractivity contribution in [1.82, 2.24) is 15.5 Å². The number of hydrogen-bond acceptors (Lipinski definition) is 6. The van der Waals surface area contributed by atoms with Gasteiger partial charge >= 0.3 is 6.09 Å². The molecule has 0 spiro atoms. The first kappa shape index (κ1) is 29.6. The molecule has 8 nitrogen and oxygen atoms in total. The summed E-state index contributed by atoms with van der Waals surface area (Å²) >= 11 is 4.27. The first-order valence-corrected chi connectivity index (χ1v) is 12.4. The van der Waals surface area contributed by atoms with Crippen LogP contribution in [-0.2, 0) is 14.3 Å². The van der Waals surface area contributed by atoms with Crippen LogP contribution in [0.5, 0.6) is 5.75 Å². The number of thiol groups is 1. The Bertz CT molecular complexity index is 838. The quantitative estimate of drug-likeness (QED) is 0.273. The van der Waals surface area contributed by atoms with Crippen molar-refractivity contribution in [2.45, 2.75) is 91.5 Å². The number of phenolic OH excluding ortho intramolecular Hbond substituents is 1. The molecule has 0 aliphatic rings. The molecule has 2 unspecified atom stereocenters. The summed E-state index contributed by atoms with van der Waals surface area (Å²) in [6, 6.07) is 2.55. The van der Waals surface area contributed by atoms with E-state index < -0.39 is 29.7 Å². The van der Waals surface area contributed by atoms with Gasteiger partial charge in [-0.2, -0.15) is 12.6 Å². The lowest BCUT2D eigenvalue weighted by Crippen LogP contribution is -2.55. The third kappa shape index (κ3) is 9.08. The summed E-state index contributed by atoms with van der Waals surface area (Å²) in [5, 5.41) is 15.5. The van der Waals surface area contributed by atoms with Crippen LogP contribution in [-0.4, -0.2) is 57.9 Å². The topological polar surface area (TPSA) is 108 Å². The minimum Gasteiger partial charge on any atom is -0.508 e. The van der Waals surface area contributed by atoms with Gasteiger partial charge in [0, 0.05) is 18.3 Å². The number of ether oxygens (including phenoxy) is 1. The molecule has 0 radical (unpaired) electrons. The fourth-order valence-electron chi connectivity index (χ4n) is 3.47. The van der Waals surface area contributed by atoms with Gasteiger partial charge in [0.05, 0.1) is 0 Å². The number of carbonyl (C=O) groups is 3. The maximum absolute atomic E-state index is 13.6. The highest BCUT2D eigenvalue weighted by Gasteiger charge is 2.37. The van der Waals surface area contributed by atoms with E-state index >= 15 is 0 Å². The molecule has 9 heteroatoms. The summed E-state index contributed by atoms with van der Waals surface area (Å²) in [7, 11) is 0. The summed E-state index contributed by atoms with van der Waals surface area (Å²) in [6.45, 7) is 13.1. The Hall–Kier alpha value is -2.42. The van der Waals surface area contributed by atoms with Crippen LogP contribution in [0.1, 0.15) is 78.0 Å². The summed E-state index contributed by atoms with van der Waals surface area (Å²) in [5.74, 6) is -0.636. The maximum Gasteiger partial charge on any atom is 0.408 e. The molecule has 0 saturated heterocycles. The second-order valence-electron chi connectivity index (χ2n) is 9.67. The molecule has 0 aliphatic heterocycles. The Balaban J connectivity index is 3.33. The SMILES string of the molecule is CCCCCNC(=O)C(c1ccc(O)c(C)c1)N(C(=O)C(CS)NC(=O)OC(C)(C)C)C(C)C. The second-order valence-corrected chi connectivity index (χ2v) is 10.0. The van der Waals surface area contributed by atoms with Gasteiger partial charge in [0.15, 0.2) is 0 Å². The van der Waals surface area contributed by atoms with Gasteiger partial charge < -0.3 is 25.4 Å². The van der Waals surface area contributed by atoms with Crippen LogP contribution in [0.3, 0.4) is 0 Å². The highest BCUT2D eigenvalue weighted by molar-refractivity contribution is 7.80. The first-order valence-electron chi connectivity index (χ1n) is 11.8. The van der Waals surface area contributed by atoms with E-state index in [2.05, 4.69) is 30.2 Å². The van der Waals surface area contributed by atoms with E-state index in [0.717, 1.165) is 19.3 Å². The summed E-state index contributed by atoms with van der Waals surface area (Å²) in [5.41, 5.74) is 0.437. The number of aromatic hydroxyl groups is 1. The smallest absolute Gasteiger partial charge is 0.408 e. The molecule has 34 heavy (non-hydrogen) atoms. The first-order chi connectivity index (χ1) is 15.8. The number of phenols is 1. The van der Waals surface area contributed by atoms with Crippen LogP contribution in [0.2, 0.25) is 0 Å². The molecule has 2 atom stereocenters. The van der Waals surface area contributed by atoms with Crippen molar-refractivity contribution in [3.63, 3.8) is 0 Å². The van der Waals surface area contributed by atoms with Gasteiger partial charge in [0.2, 0.25) is 11.8 Å². The number of alkyl carbamates (subject to hydrolysis) is 1. The second kappa shape index (κ2) is 13.5. The number of aryl methyl sites for hydroxylation is 1. The number of nitrogens with one attached hydrogen (secondary N) is 2. The minimum absolute atomic E-state index is 0.0285. The third-order valence-electron chi connectivity index (χ3n) is 5.13. The zero-order valence-electron chi connectivity index (χ0n) is 21.5. The van der Waals surface area contributed by atoms with Gasteiger partial charge in [-0.3, -0.25) is 9.59 Å². The van der Waals surface area contributed by atoms with E-state index in [1.165, 1.54) is 11.0 Å². The van der Waals surface area contributed by atoms with Crippen LogP contribution in [0.15, 0.2) is 18.2 Å². The Morgan fingerprint density at radius 1 is 1.18 bits per heavy atom. The number of hydrogen-bond donors (Lipinski definition) is 4. The van der Waals surface area contributed by atoms with Crippen molar-refractivity contribution in [3.8, 4) is 5.75 Å². The van der Waals surface area contributed by atoms with E-state index in [0.29, 0.717) is 17.7 Å². The largest absolute Gasteiger partial charge is 0.508 e. The predicted molar refractivity (Wildman–Crippen MR) is 137 cm³/mol. The summed E-state index contributed by atoms with van der Waals surface area (Å²) in [4.78, 5) is 40.8. The molecule has 0 bridgehead atoms. The van der Waals surface area contributed by atoms with Crippen LogP contribution in [0.4, 0.5) is 4.79 Å². The molecule has 1 aromatic carbocycles. The van der Waals surface area contributed by atoms with Crippen LogP contribution in [0, 0.1) is 6.92 Å². The Morgan fingerprint density at radius 3 is 2.32 bits per heavy atom. The molecular weight excluding hydrogens is 454 g/mol. The van der Waals surface area contributed by atoms with Crippen molar-refractivity contribution in [3.05, 3.63) is 29.3 Å². The van der Waals surface area contributed by atoms with E-state index in [9.17, 15) is 19.5 Å². The summed E-state index contributed by atoms with van der Waals surface area (Å²) < 4.78 is 5.30. The number of carbonyl (C=O) groups excluding carboxylic acids is 3. The van der Waals surface area contributed by atoms with Gasteiger partial charge in [-0.25, -0.2) is 4.79 Å². The van der Waals surface area contributed by atoms with Crippen molar-refractivity contribution >= 4 is 30.5 Å². The number of nitrogens with zero attached hydrogens (tertiary/aromatic N) is 1. The van der Waals surface area contributed by atoms with Crippen molar-refractivity contribution in [2.24, 2.45) is 0 Å². The van der Waals surface area contributed by atoms with E-state index in [1.807, 2.05) is 13.8 Å². The van der Waals surface area contributed by atoms with Gasteiger partial charge in [-0.15, -0.1) is 0 Å². The van der Waals surface area contributed by atoms with Crippen molar-refractivity contribution < 1.29 is 24.2 Å². The average molecular weight is 496 g/mol. The zero-order chi connectivity index (χ0) is 26.1. The lowest BCUT2D eigenvalue weighted by atomic mass is 9.99. The summed E-state index contributed by atoms with van der Waals surface area (Å²) in [6.07, 6.45) is 2.10. The standard InChI is InChI=1S/C25H41N3O5S/c1-8-9-10-13-26-22(30)21(18-11-12-20(29)17(4)14-18)28(16(2)3)23(31)19(15-34)27-24(32)33-25(5,6)7/h11-12,14,16,19,21,29,34H,8-10,13,15H2,1-7H3,(H,26,30)(H,27,32). The molecule has 0 fully saturated rings. The molecule has 0 aliphatic carbocycles. The predicted octanol–water partition coefficient (Wildman–Crippen LogP) is 4.11. The Labute approximate surface area is 209 Å². The molecule has 0 aromatic heterocycles. The molecular formula is C25H41N3O5S. The van der Waals surface area contributed by atoms with Crippen molar-refractivity contribution in [2.75, 3.05) is 12.3 Å². The molecule has 0 heterocycles. The van der Waals surface area contributed by atoms with E-state index in [-0.39, 0.29) is 23.5 Å². The monoisotopic (exact) mass is 495 g/mol. The molecule has 3 amide bonds. The molecule has 1 aromatic rings. The van der Waals surface area contributed by atoms with Gasteiger partial charge in [-0.05, 0) is 71.2 Å². The molecule has 0 saturated carbocycles. The molecule has 1 rings (SSSR count). The fourth-order valence-corrected chi connectivity index (χ4v) is 3.71. The van der Waals surface area contributed by atoms with E-state index in [1.54, 1.807) is 39.8 Å². The van der Waals surface area contributed by atoms with Crippen LogP contribution >= 0.6 is 12.6 Å². The molecule has 192 valence electrons. The van der Waals surface area contributed by atoms with Crippen molar-refractivity contribution in [1.29, 1.82) is 0 Å². The Kier molecular flexibility index (Phi) is 11.7. The number of rotatable bonds is 11. The normalized spacial score (nSPS) is 13.2. The van der Waals surface area contributed by atoms with Gasteiger partial charge in [0.25, 0.3) is 0 Å². The minimum atomic E-state index is -0.991. The van der Waals surface area contributed by atoms with Crippen LogP contribution in [0.25, 0.3) is 0 Å². The van der Waals surface area contributed by atoms with Crippen LogP contribution < -0.4 is 10.6 Å². The highest BCUT2D eigenvalue weighted by Crippen LogP contribution is 2.28. The number of amides is 3. The van der Waals surface area contributed by atoms with E-state index in [4.69, 9.17) is 4.74 Å². The number of unbranched alkanes of at least 4 members (excludes halogenated alkanes) is 2.